The van der Waals surface area contributed by atoms with Crippen LogP contribution >= 0.6 is 34.8 Å². The van der Waals surface area contributed by atoms with Crippen molar-refractivity contribution in [2.75, 3.05) is 0 Å². The van der Waals surface area contributed by atoms with E-state index >= 15 is 0 Å². The van der Waals surface area contributed by atoms with Gasteiger partial charge in [-0.25, -0.2) is 0 Å². The van der Waals surface area contributed by atoms with Gasteiger partial charge in [0.25, 0.3) is 0 Å². The molecule has 0 heterocycles. The zero-order valence-corrected chi connectivity index (χ0v) is 16.8. The van der Waals surface area contributed by atoms with Crippen molar-refractivity contribution in [2.24, 2.45) is 0 Å². The van der Waals surface area contributed by atoms with E-state index in [4.69, 9.17) is 34.8 Å². The molecule has 3 heteroatoms. The molecule has 0 aromatic heterocycles. The van der Waals surface area contributed by atoms with E-state index in [1.165, 1.54) is 11.1 Å². The minimum atomic E-state index is -0.750. The normalized spacial score (nSPS) is 8.46. The fourth-order valence-electron chi connectivity index (χ4n) is 1.56. The van der Waals surface area contributed by atoms with E-state index in [0.717, 1.165) is 0 Å². The molecule has 0 saturated heterocycles. The molecule has 0 spiro atoms. The predicted octanol–water partition coefficient (Wildman–Crippen LogP) is 8.33. The summed E-state index contributed by atoms with van der Waals surface area (Å²) in [7, 11) is 0. The van der Waals surface area contributed by atoms with Gasteiger partial charge in [-0.05, 0) is 11.1 Å². The third-order valence-corrected chi connectivity index (χ3v) is 2.74. The van der Waals surface area contributed by atoms with Crippen molar-refractivity contribution in [2.45, 2.75) is 4.30 Å². The van der Waals surface area contributed by atoms with Crippen LogP contribution in [0, 0.1) is 0 Å². The van der Waals surface area contributed by atoms with Gasteiger partial charge in [-0.1, -0.05) is 157 Å². The first-order valence-electron chi connectivity index (χ1n) is 7.87. The number of hydrogen-bond acceptors (Lipinski definition) is 0. The zero-order valence-electron chi connectivity index (χ0n) is 14.5. The van der Waals surface area contributed by atoms with E-state index in [1.54, 1.807) is 0 Å². The summed E-state index contributed by atoms with van der Waals surface area (Å²) in [5, 5.41) is 0. The Morgan fingerprint density at radius 3 is 0.846 bits per heavy atom. The van der Waals surface area contributed by atoms with E-state index in [1.807, 2.05) is 109 Å². The van der Waals surface area contributed by atoms with E-state index in [2.05, 4.69) is 13.2 Å². The number of halogens is 3. The summed E-state index contributed by atoms with van der Waals surface area (Å²) in [6.45, 7) is 7.26. The van der Waals surface area contributed by atoms with Gasteiger partial charge >= 0.3 is 0 Å². The second-order valence-electron chi connectivity index (χ2n) is 4.63. The Kier molecular flexibility index (Phi) is 16.5. The fraction of sp³-hybridized carbons (Fsp3) is 0.0435. The molecule has 26 heavy (non-hydrogen) atoms. The van der Waals surface area contributed by atoms with Crippen molar-refractivity contribution in [1.82, 2.24) is 0 Å². The summed E-state index contributed by atoms with van der Waals surface area (Å²) >= 11 is 14.4. The lowest BCUT2D eigenvalue weighted by molar-refractivity contribution is 1.67. The first-order valence-corrected chi connectivity index (χ1v) is 9.18. The Morgan fingerprint density at radius 1 is 0.500 bits per heavy atom. The average Bonchev–Trinajstić information content (AvgIpc) is 2.71. The zero-order chi connectivity index (χ0) is 19.5. The molecule has 0 saturated carbocycles. The van der Waals surface area contributed by atoms with Gasteiger partial charge in [-0.2, -0.15) is 0 Å². The van der Waals surface area contributed by atoms with E-state index in [0.29, 0.717) is 0 Å². The summed E-state index contributed by atoms with van der Waals surface area (Å²) in [5.74, 6) is 0. The SMILES string of the molecule is C=Cc1ccccc1.C=Cc1ccccc1.ClC(Cl)Cl.c1ccccc1. The molecule has 136 valence electrons. The second kappa shape index (κ2) is 17.8. The molecule has 0 fully saturated rings. The average molecular weight is 406 g/mol. The molecule has 0 radical (unpaired) electrons. The molecule has 0 bridgehead atoms. The molecule has 0 N–H and O–H groups in total. The van der Waals surface area contributed by atoms with Crippen molar-refractivity contribution in [3.8, 4) is 0 Å². The van der Waals surface area contributed by atoms with Gasteiger partial charge in [-0.3, -0.25) is 0 Å². The molecule has 0 nitrogen and oxygen atoms in total. The van der Waals surface area contributed by atoms with Crippen molar-refractivity contribution in [3.63, 3.8) is 0 Å². The number of alkyl halides is 3. The maximum Gasteiger partial charge on any atom is 0.180 e. The Morgan fingerprint density at radius 2 is 0.692 bits per heavy atom. The number of rotatable bonds is 2. The topological polar surface area (TPSA) is 0 Å². The molecule has 0 unspecified atom stereocenters. The second-order valence-corrected chi connectivity index (χ2v) is 6.61. The highest BCUT2D eigenvalue weighted by Gasteiger charge is 1.79. The molecule has 0 atom stereocenters. The van der Waals surface area contributed by atoms with E-state index in [9.17, 15) is 0 Å². The third-order valence-electron chi connectivity index (χ3n) is 2.74. The van der Waals surface area contributed by atoms with Crippen LogP contribution in [0.25, 0.3) is 12.2 Å². The Bertz CT molecular complexity index is 593. The minimum absolute atomic E-state index is 0.750. The van der Waals surface area contributed by atoms with Crippen LogP contribution in [0.4, 0.5) is 0 Å². The molecule has 3 aromatic carbocycles. The first kappa shape index (κ1) is 24.0. The van der Waals surface area contributed by atoms with Gasteiger partial charge in [0.2, 0.25) is 0 Å². The molecule has 0 aliphatic carbocycles. The minimum Gasteiger partial charge on any atom is -0.0985 e. The molecule has 0 aliphatic rings. The molecule has 3 aromatic rings. The standard InChI is InChI=1S/2C8H8.C6H6.CHCl3/c2*1-2-8-6-4-3-5-7-8;1-2-4-6-5-3-1;2-1(3)4/h2*2-7H,1H2;1-6H;1H. The van der Waals surface area contributed by atoms with Gasteiger partial charge in [0.1, 0.15) is 0 Å². The number of hydrogen-bond donors (Lipinski definition) is 0. The van der Waals surface area contributed by atoms with E-state index in [-0.39, 0.29) is 0 Å². The van der Waals surface area contributed by atoms with Crippen LogP contribution < -0.4 is 0 Å². The Hall–Kier alpha value is -1.99. The van der Waals surface area contributed by atoms with E-state index < -0.39 is 4.30 Å². The summed E-state index contributed by atoms with van der Waals surface area (Å²) < 4.78 is -0.750. The van der Waals surface area contributed by atoms with Gasteiger partial charge in [0, 0.05) is 0 Å². The van der Waals surface area contributed by atoms with Gasteiger partial charge in [0.15, 0.2) is 4.30 Å². The Balaban J connectivity index is 0.000000331. The summed E-state index contributed by atoms with van der Waals surface area (Å²) in [5.41, 5.74) is 2.35. The quantitative estimate of drug-likeness (QED) is 0.376. The smallest absolute Gasteiger partial charge is 0.0985 e. The van der Waals surface area contributed by atoms with Crippen LogP contribution in [0.3, 0.4) is 0 Å². The predicted molar refractivity (Wildman–Crippen MR) is 121 cm³/mol. The summed E-state index contributed by atoms with van der Waals surface area (Å²) in [4.78, 5) is 0. The largest absolute Gasteiger partial charge is 0.180 e. The lowest BCUT2D eigenvalue weighted by atomic mass is 10.2. The molecule has 3 rings (SSSR count). The monoisotopic (exact) mass is 404 g/mol. The maximum absolute atomic E-state index is 4.81. The molecule has 0 aliphatic heterocycles. The van der Waals surface area contributed by atoms with Gasteiger partial charge < -0.3 is 0 Å². The van der Waals surface area contributed by atoms with Gasteiger partial charge in [-0.15, -0.1) is 0 Å². The molecule has 0 amide bonds. The van der Waals surface area contributed by atoms with Crippen LogP contribution in [0.5, 0.6) is 0 Å². The molecular formula is C23H23Cl3. The highest BCUT2D eigenvalue weighted by Crippen LogP contribution is 2.03. The van der Waals surface area contributed by atoms with Crippen molar-refractivity contribution in [3.05, 3.63) is 121 Å². The van der Waals surface area contributed by atoms with Crippen LogP contribution in [0.15, 0.2) is 110 Å². The van der Waals surface area contributed by atoms with Crippen LogP contribution in [-0.2, 0) is 0 Å². The fourth-order valence-corrected chi connectivity index (χ4v) is 1.56. The van der Waals surface area contributed by atoms with Crippen LogP contribution in [-0.4, -0.2) is 4.30 Å². The highest BCUT2D eigenvalue weighted by atomic mass is 35.6. The Labute approximate surface area is 172 Å². The first-order chi connectivity index (χ1) is 12.6. The third kappa shape index (κ3) is 16.9. The van der Waals surface area contributed by atoms with Crippen molar-refractivity contribution >= 4 is 47.0 Å². The van der Waals surface area contributed by atoms with Crippen molar-refractivity contribution in [1.29, 1.82) is 0 Å². The lowest BCUT2D eigenvalue weighted by Crippen LogP contribution is -1.63. The van der Waals surface area contributed by atoms with Crippen LogP contribution in [0.1, 0.15) is 11.1 Å². The highest BCUT2D eigenvalue weighted by molar-refractivity contribution is 6.63. The van der Waals surface area contributed by atoms with Gasteiger partial charge in [0.05, 0.1) is 0 Å². The molecular weight excluding hydrogens is 383 g/mol. The lowest BCUT2D eigenvalue weighted by Gasteiger charge is -1.85. The maximum atomic E-state index is 4.81. The summed E-state index contributed by atoms with van der Waals surface area (Å²) in [6.07, 6.45) is 3.67. The van der Waals surface area contributed by atoms with Crippen molar-refractivity contribution < 1.29 is 0 Å². The summed E-state index contributed by atoms with van der Waals surface area (Å²) in [6, 6.07) is 32.1. The number of benzene rings is 3. The van der Waals surface area contributed by atoms with Crippen LogP contribution in [0.2, 0.25) is 0 Å².